The molecule has 21 heavy (non-hydrogen) atoms. The van der Waals surface area contributed by atoms with Gasteiger partial charge in [-0.3, -0.25) is 0 Å². The van der Waals surface area contributed by atoms with Crippen LogP contribution in [0, 0.1) is 0 Å². The van der Waals surface area contributed by atoms with E-state index >= 15 is 0 Å². The van der Waals surface area contributed by atoms with Gasteiger partial charge in [-0.1, -0.05) is 0 Å². The highest BCUT2D eigenvalue weighted by Gasteiger charge is 2.31. The number of nitrogens with zero attached hydrogens (tertiary/aromatic N) is 1. The molecule has 3 nitrogen and oxygen atoms in total. The Bertz CT molecular complexity index is 586. The molecular weight excluding hydrogens is 327 g/mol. The maximum atomic E-state index is 12.0. The zero-order chi connectivity index (χ0) is 15.5. The second-order valence-electron chi connectivity index (χ2n) is 4.09. The summed E-state index contributed by atoms with van der Waals surface area (Å²) in [6.45, 7) is 1.80. The Morgan fingerprint density at radius 2 is 1.86 bits per heavy atom. The van der Waals surface area contributed by atoms with Crippen LogP contribution in [0.3, 0.4) is 0 Å². The normalized spacial score (nSPS) is 13.0. The molecule has 0 amide bonds. The van der Waals surface area contributed by atoms with Crippen LogP contribution in [0.5, 0.6) is 11.5 Å². The summed E-state index contributed by atoms with van der Waals surface area (Å²) < 4.78 is 45.5. The second kappa shape index (κ2) is 6.53. The molecule has 8 heteroatoms. The lowest BCUT2D eigenvalue weighted by molar-refractivity contribution is -0.274. The lowest BCUT2D eigenvalue weighted by Crippen LogP contribution is -2.17. The smallest absolute Gasteiger partial charge is 0.484 e. The van der Waals surface area contributed by atoms with E-state index in [1.807, 2.05) is 5.38 Å². The Morgan fingerprint density at radius 3 is 2.38 bits per heavy atom. The number of alkyl halides is 4. The molecule has 0 spiro atoms. The van der Waals surface area contributed by atoms with Crippen LogP contribution in [0.2, 0.25) is 0 Å². The van der Waals surface area contributed by atoms with Gasteiger partial charge >= 0.3 is 6.36 Å². The van der Waals surface area contributed by atoms with Gasteiger partial charge in [0.25, 0.3) is 0 Å². The van der Waals surface area contributed by atoms with Crippen molar-refractivity contribution in [3.05, 3.63) is 40.3 Å². The molecule has 0 bridgehead atoms. The van der Waals surface area contributed by atoms with Gasteiger partial charge in [0, 0.05) is 5.38 Å². The predicted octanol–water partition coefficient (Wildman–Crippen LogP) is 4.92. The van der Waals surface area contributed by atoms with Crippen molar-refractivity contribution in [2.75, 3.05) is 0 Å². The minimum absolute atomic E-state index is 0.291. The monoisotopic (exact) mass is 337 g/mol. The third-order valence-electron chi connectivity index (χ3n) is 2.42. The molecule has 114 valence electrons. The number of rotatable bonds is 5. The fourth-order valence-electron chi connectivity index (χ4n) is 1.55. The lowest BCUT2D eigenvalue weighted by Gasteiger charge is -2.13. The standard InChI is InChI=1S/C13H11ClF3NO2S/c1-8(12-18-9(6-14)7-21-12)19-10-2-4-11(5-3-10)20-13(15,16)17/h2-5,7-8H,6H2,1H3. The Labute approximate surface area is 128 Å². The number of ether oxygens (including phenoxy) is 2. The molecule has 1 atom stereocenters. The summed E-state index contributed by atoms with van der Waals surface area (Å²) in [7, 11) is 0. The van der Waals surface area contributed by atoms with Crippen molar-refractivity contribution in [3.8, 4) is 11.5 Å². The van der Waals surface area contributed by atoms with Gasteiger partial charge in [-0.25, -0.2) is 4.98 Å². The van der Waals surface area contributed by atoms with E-state index < -0.39 is 6.36 Å². The predicted molar refractivity (Wildman–Crippen MR) is 73.8 cm³/mol. The van der Waals surface area contributed by atoms with Gasteiger partial charge in [-0.05, 0) is 31.2 Å². The summed E-state index contributed by atoms with van der Waals surface area (Å²) in [4.78, 5) is 4.28. The summed E-state index contributed by atoms with van der Waals surface area (Å²) in [5.74, 6) is 0.466. The molecule has 0 saturated heterocycles. The molecule has 0 aliphatic rings. The van der Waals surface area contributed by atoms with Crippen molar-refractivity contribution in [2.24, 2.45) is 0 Å². The van der Waals surface area contributed by atoms with E-state index in [0.717, 1.165) is 10.7 Å². The average molecular weight is 338 g/mol. The lowest BCUT2D eigenvalue weighted by atomic mass is 10.3. The highest BCUT2D eigenvalue weighted by Crippen LogP contribution is 2.28. The number of hydrogen-bond donors (Lipinski definition) is 0. The molecule has 1 aromatic heterocycles. The quantitative estimate of drug-likeness (QED) is 0.726. The Morgan fingerprint density at radius 1 is 1.24 bits per heavy atom. The van der Waals surface area contributed by atoms with Crippen LogP contribution in [-0.2, 0) is 5.88 Å². The van der Waals surface area contributed by atoms with Gasteiger partial charge in [0.1, 0.15) is 22.6 Å². The molecule has 0 N–H and O–H groups in total. The highest BCUT2D eigenvalue weighted by molar-refractivity contribution is 7.09. The van der Waals surface area contributed by atoms with E-state index in [4.69, 9.17) is 16.3 Å². The Balaban J connectivity index is 1.99. The first-order chi connectivity index (χ1) is 9.87. The highest BCUT2D eigenvalue weighted by atomic mass is 35.5. The van der Waals surface area contributed by atoms with Crippen molar-refractivity contribution in [1.82, 2.24) is 4.98 Å². The first-order valence-electron chi connectivity index (χ1n) is 5.90. The average Bonchev–Trinajstić information content (AvgIpc) is 2.88. The number of benzene rings is 1. The number of aromatic nitrogens is 1. The van der Waals surface area contributed by atoms with Crippen LogP contribution >= 0.6 is 22.9 Å². The second-order valence-corrected chi connectivity index (χ2v) is 5.25. The molecule has 0 aliphatic heterocycles. The zero-order valence-corrected chi connectivity index (χ0v) is 12.4. The third-order valence-corrected chi connectivity index (χ3v) is 3.75. The van der Waals surface area contributed by atoms with Crippen LogP contribution < -0.4 is 9.47 Å². The van der Waals surface area contributed by atoms with Gasteiger partial charge in [0.2, 0.25) is 0 Å². The summed E-state index contributed by atoms with van der Waals surface area (Å²) >= 11 is 7.09. The van der Waals surface area contributed by atoms with Crippen molar-refractivity contribution >= 4 is 22.9 Å². The largest absolute Gasteiger partial charge is 0.573 e. The van der Waals surface area contributed by atoms with E-state index in [1.165, 1.54) is 35.6 Å². The molecule has 0 saturated carbocycles. The van der Waals surface area contributed by atoms with Crippen LogP contribution in [0.15, 0.2) is 29.6 Å². The number of halogens is 4. The fraction of sp³-hybridized carbons (Fsp3) is 0.308. The van der Waals surface area contributed by atoms with Gasteiger partial charge in [0.05, 0.1) is 11.6 Å². The van der Waals surface area contributed by atoms with Crippen LogP contribution in [0.1, 0.15) is 23.7 Å². The summed E-state index contributed by atoms with van der Waals surface area (Å²) in [6.07, 6.45) is -5.02. The molecular formula is C13H11ClF3NO2S. The zero-order valence-electron chi connectivity index (χ0n) is 10.9. The Kier molecular flexibility index (Phi) is 4.95. The maximum Gasteiger partial charge on any atom is 0.573 e. The Hall–Kier alpha value is -1.47. The fourth-order valence-corrected chi connectivity index (χ4v) is 2.58. The topological polar surface area (TPSA) is 31.4 Å². The molecule has 1 heterocycles. The van der Waals surface area contributed by atoms with Crippen molar-refractivity contribution in [1.29, 1.82) is 0 Å². The van der Waals surface area contributed by atoms with E-state index in [2.05, 4.69) is 9.72 Å². The molecule has 1 aromatic carbocycles. The SMILES string of the molecule is CC(Oc1ccc(OC(F)(F)F)cc1)c1nc(CCl)cs1. The molecule has 0 fully saturated rings. The van der Waals surface area contributed by atoms with E-state index in [1.54, 1.807) is 6.92 Å². The van der Waals surface area contributed by atoms with Crippen LogP contribution in [0.25, 0.3) is 0 Å². The molecule has 0 aliphatic carbocycles. The number of thiazole rings is 1. The van der Waals surface area contributed by atoms with E-state index in [0.29, 0.717) is 11.6 Å². The molecule has 2 aromatic rings. The first kappa shape index (κ1) is 15.9. The third kappa shape index (κ3) is 4.78. The van der Waals surface area contributed by atoms with Crippen LogP contribution in [0.4, 0.5) is 13.2 Å². The minimum atomic E-state index is -4.70. The summed E-state index contributed by atoms with van der Waals surface area (Å²) in [5.41, 5.74) is 0.765. The van der Waals surface area contributed by atoms with Crippen molar-refractivity contribution in [3.63, 3.8) is 0 Å². The molecule has 1 unspecified atom stereocenters. The molecule has 0 radical (unpaired) electrons. The maximum absolute atomic E-state index is 12.0. The summed E-state index contributed by atoms with van der Waals surface area (Å²) in [5, 5.41) is 2.59. The number of hydrogen-bond acceptors (Lipinski definition) is 4. The van der Waals surface area contributed by atoms with Gasteiger partial charge in [-0.2, -0.15) is 0 Å². The van der Waals surface area contributed by atoms with Crippen molar-refractivity contribution < 1.29 is 22.6 Å². The minimum Gasteiger partial charge on any atom is -0.484 e. The van der Waals surface area contributed by atoms with Crippen LogP contribution in [-0.4, -0.2) is 11.3 Å². The van der Waals surface area contributed by atoms with Gasteiger partial charge in [0.15, 0.2) is 0 Å². The van der Waals surface area contributed by atoms with Gasteiger partial charge in [-0.15, -0.1) is 36.1 Å². The van der Waals surface area contributed by atoms with E-state index in [9.17, 15) is 13.2 Å². The van der Waals surface area contributed by atoms with E-state index in [-0.39, 0.29) is 11.9 Å². The molecule has 2 rings (SSSR count). The first-order valence-corrected chi connectivity index (χ1v) is 7.31. The van der Waals surface area contributed by atoms with Crippen molar-refractivity contribution in [2.45, 2.75) is 25.3 Å². The van der Waals surface area contributed by atoms with Gasteiger partial charge < -0.3 is 9.47 Å². The summed E-state index contributed by atoms with van der Waals surface area (Å²) in [6, 6.07) is 5.21.